The highest BCUT2D eigenvalue weighted by atomic mass is 16.5. The SMILES string of the molecule is COc1cc(Nc2nc3n(n2)C(C)CCN3CC(C)(C)O)ccc1-n1cnc(C)c1. The number of aryl methyl sites for hydroxylation is 1. The minimum Gasteiger partial charge on any atom is -0.494 e. The van der Waals surface area contributed by atoms with Crippen LogP contribution in [0.4, 0.5) is 17.6 Å². The first kappa shape index (κ1) is 20.2. The second-order valence-corrected chi connectivity index (χ2v) is 8.49. The van der Waals surface area contributed by atoms with E-state index in [9.17, 15) is 5.11 Å². The number of nitrogens with one attached hydrogen (secondary N) is 1. The van der Waals surface area contributed by atoms with Crippen molar-refractivity contribution in [2.45, 2.75) is 45.8 Å². The monoisotopic (exact) mass is 411 g/mol. The lowest BCUT2D eigenvalue weighted by Gasteiger charge is -2.34. The van der Waals surface area contributed by atoms with Crippen LogP contribution in [-0.2, 0) is 0 Å². The standard InChI is InChI=1S/C21H29N7O2/c1-14-11-27(13-22-14)17-7-6-16(10-18(17)30-5)23-19-24-20-26(12-21(3,4)29)9-8-15(2)28(20)25-19/h6-7,10-11,13,15,29H,8-9,12H2,1-5H3,(H,23,25). The molecular weight excluding hydrogens is 382 g/mol. The van der Waals surface area contributed by atoms with Gasteiger partial charge in [0.15, 0.2) is 0 Å². The van der Waals surface area contributed by atoms with Crippen molar-refractivity contribution < 1.29 is 9.84 Å². The van der Waals surface area contributed by atoms with Crippen LogP contribution in [0, 0.1) is 6.92 Å². The van der Waals surface area contributed by atoms with Gasteiger partial charge in [-0.25, -0.2) is 9.67 Å². The van der Waals surface area contributed by atoms with Crippen molar-refractivity contribution in [1.82, 2.24) is 24.3 Å². The van der Waals surface area contributed by atoms with Gasteiger partial charge in [0.05, 0.1) is 36.5 Å². The van der Waals surface area contributed by atoms with Gasteiger partial charge < -0.3 is 24.6 Å². The fourth-order valence-corrected chi connectivity index (χ4v) is 3.71. The van der Waals surface area contributed by atoms with Crippen LogP contribution in [0.1, 0.15) is 38.9 Å². The van der Waals surface area contributed by atoms with Crippen LogP contribution in [-0.4, -0.2) is 55.2 Å². The van der Waals surface area contributed by atoms with Crippen molar-refractivity contribution in [3.8, 4) is 11.4 Å². The highest BCUT2D eigenvalue weighted by molar-refractivity contribution is 5.62. The van der Waals surface area contributed by atoms with Crippen molar-refractivity contribution in [3.63, 3.8) is 0 Å². The number of hydrogen-bond donors (Lipinski definition) is 2. The third kappa shape index (κ3) is 4.11. The fraction of sp³-hybridized carbons (Fsp3) is 0.476. The molecule has 4 rings (SSSR count). The minimum absolute atomic E-state index is 0.252. The van der Waals surface area contributed by atoms with E-state index in [0.717, 1.165) is 41.7 Å². The van der Waals surface area contributed by atoms with Gasteiger partial charge in [0.2, 0.25) is 11.9 Å². The number of aromatic nitrogens is 5. The molecule has 0 saturated carbocycles. The van der Waals surface area contributed by atoms with Crippen LogP contribution >= 0.6 is 0 Å². The molecule has 2 N–H and O–H groups in total. The molecule has 1 aromatic carbocycles. The van der Waals surface area contributed by atoms with Gasteiger partial charge in [-0.2, -0.15) is 4.98 Å². The van der Waals surface area contributed by atoms with E-state index < -0.39 is 5.60 Å². The average Bonchev–Trinajstić information content (AvgIpc) is 3.30. The lowest BCUT2D eigenvalue weighted by molar-refractivity contribution is 0.0855. The van der Waals surface area contributed by atoms with Gasteiger partial charge in [-0.05, 0) is 46.2 Å². The van der Waals surface area contributed by atoms with Crippen LogP contribution < -0.4 is 15.0 Å². The Bertz CT molecular complexity index is 1030. The molecule has 0 spiro atoms. The summed E-state index contributed by atoms with van der Waals surface area (Å²) < 4.78 is 9.45. The molecule has 1 unspecified atom stereocenters. The summed E-state index contributed by atoms with van der Waals surface area (Å²) in [5.74, 6) is 2.02. The van der Waals surface area contributed by atoms with Gasteiger partial charge in [0, 0.05) is 31.0 Å². The summed E-state index contributed by atoms with van der Waals surface area (Å²) in [5.41, 5.74) is 1.87. The normalized spacial score (nSPS) is 16.5. The second-order valence-electron chi connectivity index (χ2n) is 8.49. The smallest absolute Gasteiger partial charge is 0.248 e. The molecule has 1 aliphatic rings. The molecule has 0 amide bonds. The van der Waals surface area contributed by atoms with Crippen molar-refractivity contribution in [1.29, 1.82) is 0 Å². The summed E-state index contributed by atoms with van der Waals surface area (Å²) in [5, 5.41) is 18.2. The third-order valence-electron chi connectivity index (χ3n) is 5.13. The van der Waals surface area contributed by atoms with E-state index >= 15 is 0 Å². The van der Waals surface area contributed by atoms with E-state index in [-0.39, 0.29) is 6.04 Å². The number of hydrogen-bond acceptors (Lipinski definition) is 7. The number of nitrogens with zero attached hydrogens (tertiary/aromatic N) is 6. The molecule has 1 atom stereocenters. The maximum atomic E-state index is 10.2. The summed E-state index contributed by atoms with van der Waals surface area (Å²) >= 11 is 0. The molecule has 0 radical (unpaired) electrons. The Hall–Kier alpha value is -3.07. The first-order valence-corrected chi connectivity index (χ1v) is 10.1. The van der Waals surface area contributed by atoms with Gasteiger partial charge >= 0.3 is 0 Å². The molecule has 30 heavy (non-hydrogen) atoms. The predicted octanol–water partition coefficient (Wildman–Crippen LogP) is 3.07. The van der Waals surface area contributed by atoms with Gasteiger partial charge in [-0.15, -0.1) is 5.10 Å². The Labute approximate surface area is 176 Å². The first-order valence-electron chi connectivity index (χ1n) is 10.1. The molecule has 0 aliphatic carbocycles. The Balaban J connectivity index is 1.60. The summed E-state index contributed by atoms with van der Waals surface area (Å²) in [7, 11) is 1.65. The molecule has 1 aliphatic heterocycles. The molecule has 3 aromatic rings. The van der Waals surface area contributed by atoms with Crippen LogP contribution in [0.5, 0.6) is 5.75 Å². The lowest BCUT2D eigenvalue weighted by Crippen LogP contribution is -2.43. The summed E-state index contributed by atoms with van der Waals surface area (Å²) in [6, 6.07) is 6.11. The summed E-state index contributed by atoms with van der Waals surface area (Å²) in [6.45, 7) is 9.05. The zero-order valence-electron chi connectivity index (χ0n) is 18.1. The quantitative estimate of drug-likeness (QED) is 0.644. The van der Waals surface area contributed by atoms with Gasteiger partial charge in [-0.1, -0.05) is 0 Å². The largest absolute Gasteiger partial charge is 0.494 e. The molecule has 0 saturated heterocycles. The van der Waals surface area contributed by atoms with Crippen molar-refractivity contribution in [3.05, 3.63) is 36.4 Å². The number of ether oxygens (including phenoxy) is 1. The van der Waals surface area contributed by atoms with E-state index in [4.69, 9.17) is 9.72 Å². The highest BCUT2D eigenvalue weighted by Crippen LogP contribution is 2.31. The third-order valence-corrected chi connectivity index (χ3v) is 5.13. The maximum Gasteiger partial charge on any atom is 0.248 e. The van der Waals surface area contributed by atoms with E-state index in [1.165, 1.54) is 0 Å². The molecular formula is C21H29N7O2. The number of benzene rings is 1. The lowest BCUT2D eigenvalue weighted by atomic mass is 10.1. The summed E-state index contributed by atoms with van der Waals surface area (Å²) in [4.78, 5) is 11.1. The van der Waals surface area contributed by atoms with E-state index in [0.29, 0.717) is 12.5 Å². The van der Waals surface area contributed by atoms with Crippen LogP contribution in [0.3, 0.4) is 0 Å². The zero-order chi connectivity index (χ0) is 21.5. The van der Waals surface area contributed by atoms with Crippen LogP contribution in [0.15, 0.2) is 30.7 Å². The van der Waals surface area contributed by atoms with Crippen molar-refractivity contribution >= 4 is 17.6 Å². The number of methoxy groups -OCH3 is 1. The predicted molar refractivity (Wildman–Crippen MR) is 116 cm³/mol. The number of aliphatic hydroxyl groups is 1. The van der Waals surface area contributed by atoms with Crippen molar-refractivity contribution in [2.24, 2.45) is 0 Å². The Morgan fingerprint density at radius 1 is 1.33 bits per heavy atom. The fourth-order valence-electron chi connectivity index (χ4n) is 3.71. The molecule has 9 nitrogen and oxygen atoms in total. The Morgan fingerprint density at radius 2 is 2.13 bits per heavy atom. The van der Waals surface area contributed by atoms with Gasteiger partial charge in [0.25, 0.3) is 0 Å². The number of rotatable bonds is 6. The number of β-amino-alcohol motifs (C(OH)–C–C–N with tert-alkyl or cyclic N) is 1. The first-order chi connectivity index (χ1) is 14.2. The Morgan fingerprint density at radius 3 is 2.80 bits per heavy atom. The molecule has 160 valence electrons. The summed E-state index contributed by atoms with van der Waals surface area (Å²) in [6.07, 6.45) is 4.68. The highest BCUT2D eigenvalue weighted by Gasteiger charge is 2.29. The van der Waals surface area contributed by atoms with Gasteiger partial charge in [-0.3, -0.25) is 0 Å². The van der Waals surface area contributed by atoms with Crippen LogP contribution in [0.2, 0.25) is 0 Å². The average molecular weight is 412 g/mol. The number of fused-ring (bicyclic) bond motifs is 1. The van der Waals surface area contributed by atoms with E-state index in [1.807, 2.05) is 40.6 Å². The van der Waals surface area contributed by atoms with Crippen molar-refractivity contribution in [2.75, 3.05) is 30.4 Å². The molecule has 2 aromatic heterocycles. The topological polar surface area (TPSA) is 93.3 Å². The van der Waals surface area contributed by atoms with Gasteiger partial charge in [0.1, 0.15) is 5.75 Å². The molecule has 0 bridgehead atoms. The Kier molecular flexibility index (Phi) is 5.15. The molecule has 0 fully saturated rings. The second kappa shape index (κ2) is 7.64. The number of imidazole rings is 1. The maximum absolute atomic E-state index is 10.2. The van der Waals surface area contributed by atoms with E-state index in [1.54, 1.807) is 27.3 Å². The molecule has 3 heterocycles. The minimum atomic E-state index is -0.806. The van der Waals surface area contributed by atoms with E-state index in [2.05, 4.69) is 27.2 Å². The number of anilines is 3. The molecule has 9 heteroatoms. The van der Waals surface area contributed by atoms with Crippen LogP contribution in [0.25, 0.3) is 5.69 Å². The zero-order valence-corrected chi connectivity index (χ0v) is 18.1.